The summed E-state index contributed by atoms with van der Waals surface area (Å²) < 4.78 is 2.29. The first kappa shape index (κ1) is 25.3. The van der Waals surface area contributed by atoms with E-state index in [2.05, 4.69) is 114 Å². The zero-order valence-electron chi connectivity index (χ0n) is 24.2. The van der Waals surface area contributed by atoms with Crippen LogP contribution in [-0.4, -0.2) is 24.5 Å². The van der Waals surface area contributed by atoms with Gasteiger partial charge in [0.05, 0.1) is 22.9 Å². The van der Waals surface area contributed by atoms with Crippen molar-refractivity contribution in [1.29, 1.82) is 0 Å². The third-order valence-electron chi connectivity index (χ3n) is 8.48. The summed E-state index contributed by atoms with van der Waals surface area (Å²) in [5, 5.41) is 7.22. The summed E-state index contributed by atoms with van der Waals surface area (Å²) in [5.74, 6) is 1.82. The van der Waals surface area contributed by atoms with Crippen molar-refractivity contribution in [1.82, 2.24) is 24.5 Å². The Labute approximate surface area is 259 Å². The molecule has 5 nitrogen and oxygen atoms in total. The predicted molar refractivity (Wildman–Crippen MR) is 183 cm³/mol. The molecule has 0 aliphatic heterocycles. The van der Waals surface area contributed by atoms with Gasteiger partial charge in [-0.1, -0.05) is 115 Å². The molecule has 0 saturated carbocycles. The zero-order chi connectivity index (χ0) is 29.7. The summed E-state index contributed by atoms with van der Waals surface area (Å²) in [6, 6.07) is 48.4. The summed E-state index contributed by atoms with van der Waals surface area (Å²) in [5.41, 5.74) is 5.89. The van der Waals surface area contributed by atoms with E-state index in [1.807, 2.05) is 42.7 Å². The molecular weight excluding hydrogens is 550 g/mol. The molecule has 45 heavy (non-hydrogen) atoms. The van der Waals surface area contributed by atoms with E-state index in [1.165, 1.54) is 26.9 Å². The lowest BCUT2D eigenvalue weighted by Gasteiger charge is -2.11. The van der Waals surface area contributed by atoms with Crippen LogP contribution >= 0.6 is 0 Å². The highest BCUT2D eigenvalue weighted by Crippen LogP contribution is 2.37. The Morgan fingerprint density at radius 1 is 0.400 bits per heavy atom. The molecule has 0 saturated heterocycles. The number of aromatic nitrogens is 5. The standard InChI is InChI=1S/C40H25N5/c1-2-12-28(13-3-1)38-42-39(30-19-18-26-10-4-5-14-29(26)22-30)44-40(43-38)31-23-32(25-41-24-31)45-35-17-9-8-16-34(35)37-33-15-7-6-11-27(33)20-21-36(37)45/h1-25H. The predicted octanol–water partition coefficient (Wildman–Crippen LogP) is 9.67. The Bertz CT molecular complexity index is 2550. The van der Waals surface area contributed by atoms with E-state index in [-0.39, 0.29) is 0 Å². The second-order valence-corrected chi connectivity index (χ2v) is 11.2. The van der Waals surface area contributed by atoms with Crippen LogP contribution in [0.4, 0.5) is 0 Å². The van der Waals surface area contributed by atoms with Gasteiger partial charge in [-0.05, 0) is 45.8 Å². The highest BCUT2D eigenvalue weighted by Gasteiger charge is 2.17. The van der Waals surface area contributed by atoms with Crippen molar-refractivity contribution >= 4 is 43.4 Å². The van der Waals surface area contributed by atoms with Gasteiger partial charge in [0, 0.05) is 33.7 Å². The molecule has 5 heteroatoms. The van der Waals surface area contributed by atoms with Gasteiger partial charge in [-0.15, -0.1) is 0 Å². The zero-order valence-corrected chi connectivity index (χ0v) is 24.2. The number of pyridine rings is 1. The Morgan fingerprint density at radius 3 is 1.89 bits per heavy atom. The molecule has 6 aromatic carbocycles. The molecule has 0 atom stereocenters. The summed E-state index contributed by atoms with van der Waals surface area (Å²) in [4.78, 5) is 19.7. The van der Waals surface area contributed by atoms with Gasteiger partial charge in [0.2, 0.25) is 0 Å². The monoisotopic (exact) mass is 575 g/mol. The highest BCUT2D eigenvalue weighted by atomic mass is 15.0. The van der Waals surface area contributed by atoms with Crippen LogP contribution in [-0.2, 0) is 0 Å². The summed E-state index contributed by atoms with van der Waals surface area (Å²) in [6.07, 6.45) is 3.75. The number of nitrogens with zero attached hydrogens (tertiary/aromatic N) is 5. The second kappa shape index (κ2) is 10.2. The van der Waals surface area contributed by atoms with Crippen molar-refractivity contribution in [3.8, 4) is 39.9 Å². The lowest BCUT2D eigenvalue weighted by atomic mass is 10.0. The topological polar surface area (TPSA) is 56.5 Å². The number of fused-ring (bicyclic) bond motifs is 6. The van der Waals surface area contributed by atoms with Crippen LogP contribution in [0.5, 0.6) is 0 Å². The van der Waals surface area contributed by atoms with Crippen molar-refractivity contribution in [3.63, 3.8) is 0 Å². The maximum atomic E-state index is 5.02. The number of hydrogen-bond acceptors (Lipinski definition) is 4. The third-order valence-corrected chi connectivity index (χ3v) is 8.48. The molecule has 0 fully saturated rings. The van der Waals surface area contributed by atoms with Crippen molar-refractivity contribution in [2.75, 3.05) is 0 Å². The minimum Gasteiger partial charge on any atom is -0.308 e. The molecule has 0 bridgehead atoms. The molecule has 0 amide bonds. The van der Waals surface area contributed by atoms with E-state index >= 15 is 0 Å². The van der Waals surface area contributed by atoms with Crippen molar-refractivity contribution in [3.05, 3.63) is 152 Å². The van der Waals surface area contributed by atoms with Gasteiger partial charge in [0.1, 0.15) is 0 Å². The number of hydrogen-bond donors (Lipinski definition) is 0. The lowest BCUT2D eigenvalue weighted by molar-refractivity contribution is 1.06. The molecule has 9 aromatic rings. The molecule has 0 unspecified atom stereocenters. The molecule has 0 aliphatic rings. The summed E-state index contributed by atoms with van der Waals surface area (Å²) >= 11 is 0. The smallest absolute Gasteiger partial charge is 0.165 e. The van der Waals surface area contributed by atoms with Crippen LogP contribution in [0.1, 0.15) is 0 Å². The van der Waals surface area contributed by atoms with Crippen LogP contribution in [0.3, 0.4) is 0 Å². The van der Waals surface area contributed by atoms with Crippen molar-refractivity contribution in [2.45, 2.75) is 0 Å². The fraction of sp³-hybridized carbons (Fsp3) is 0. The van der Waals surface area contributed by atoms with Crippen LogP contribution in [0.2, 0.25) is 0 Å². The van der Waals surface area contributed by atoms with Gasteiger partial charge in [-0.25, -0.2) is 15.0 Å². The third kappa shape index (κ3) is 4.25. The maximum absolute atomic E-state index is 5.02. The maximum Gasteiger partial charge on any atom is 0.165 e. The molecule has 3 aromatic heterocycles. The quantitative estimate of drug-likeness (QED) is 0.210. The molecule has 0 radical (unpaired) electrons. The van der Waals surface area contributed by atoms with E-state index in [0.29, 0.717) is 17.5 Å². The largest absolute Gasteiger partial charge is 0.308 e. The molecular formula is C40H25N5. The first-order chi connectivity index (χ1) is 22.3. The number of para-hydroxylation sites is 1. The van der Waals surface area contributed by atoms with Gasteiger partial charge in [0.15, 0.2) is 17.5 Å². The molecule has 9 rings (SSSR count). The molecule has 0 aliphatic carbocycles. The van der Waals surface area contributed by atoms with Crippen LogP contribution in [0.15, 0.2) is 152 Å². The Balaban J connectivity index is 1.26. The number of benzene rings is 6. The second-order valence-electron chi connectivity index (χ2n) is 11.2. The van der Waals surface area contributed by atoms with Gasteiger partial charge < -0.3 is 4.57 Å². The molecule has 210 valence electrons. The Hall–Kier alpha value is -6.20. The van der Waals surface area contributed by atoms with Crippen LogP contribution in [0.25, 0.3) is 83.2 Å². The Morgan fingerprint density at radius 2 is 1.04 bits per heavy atom. The minimum absolute atomic E-state index is 0.576. The first-order valence-electron chi connectivity index (χ1n) is 15.0. The van der Waals surface area contributed by atoms with Gasteiger partial charge in [-0.2, -0.15) is 0 Å². The van der Waals surface area contributed by atoms with Gasteiger partial charge in [0.25, 0.3) is 0 Å². The van der Waals surface area contributed by atoms with Crippen molar-refractivity contribution < 1.29 is 0 Å². The van der Waals surface area contributed by atoms with Crippen LogP contribution < -0.4 is 0 Å². The van der Waals surface area contributed by atoms with Gasteiger partial charge >= 0.3 is 0 Å². The fourth-order valence-corrected chi connectivity index (χ4v) is 6.37. The highest BCUT2D eigenvalue weighted by molar-refractivity contribution is 6.21. The summed E-state index contributed by atoms with van der Waals surface area (Å²) in [7, 11) is 0. The van der Waals surface area contributed by atoms with Crippen LogP contribution in [0, 0.1) is 0 Å². The normalized spacial score (nSPS) is 11.6. The first-order valence-corrected chi connectivity index (χ1v) is 15.0. The fourth-order valence-electron chi connectivity index (χ4n) is 6.37. The van der Waals surface area contributed by atoms with E-state index in [9.17, 15) is 0 Å². The van der Waals surface area contributed by atoms with E-state index in [1.54, 1.807) is 0 Å². The average Bonchev–Trinajstić information content (AvgIpc) is 3.46. The van der Waals surface area contributed by atoms with Crippen molar-refractivity contribution in [2.24, 2.45) is 0 Å². The molecule has 3 heterocycles. The average molecular weight is 576 g/mol. The Kier molecular flexibility index (Phi) is 5.74. The SMILES string of the molecule is c1ccc(-c2nc(-c3cncc(-n4c5ccccc5c5c6ccccc6ccc54)c3)nc(-c3ccc4ccccc4c3)n2)cc1. The molecule has 0 spiro atoms. The van der Waals surface area contributed by atoms with E-state index in [0.717, 1.165) is 38.8 Å². The lowest BCUT2D eigenvalue weighted by Crippen LogP contribution is -2.01. The number of rotatable bonds is 4. The minimum atomic E-state index is 0.576. The van der Waals surface area contributed by atoms with Gasteiger partial charge in [-0.3, -0.25) is 4.98 Å². The molecule has 0 N–H and O–H groups in total. The van der Waals surface area contributed by atoms with E-state index in [4.69, 9.17) is 19.9 Å². The van der Waals surface area contributed by atoms with E-state index < -0.39 is 0 Å². The summed E-state index contributed by atoms with van der Waals surface area (Å²) in [6.45, 7) is 0.